The highest BCUT2D eigenvalue weighted by Crippen LogP contribution is 2.50. The highest BCUT2D eigenvalue weighted by molar-refractivity contribution is 5.87. The van der Waals surface area contributed by atoms with Crippen molar-refractivity contribution in [3.05, 3.63) is 35.4 Å². The minimum atomic E-state index is -0.936. The summed E-state index contributed by atoms with van der Waals surface area (Å²) in [7, 11) is 0. The summed E-state index contributed by atoms with van der Waals surface area (Å²) in [6.07, 6.45) is 1.78. The van der Waals surface area contributed by atoms with Crippen molar-refractivity contribution >= 4 is 12.0 Å². The molecule has 1 saturated carbocycles. The molecule has 5 heteroatoms. The molecule has 1 unspecified atom stereocenters. The molecule has 5 nitrogen and oxygen atoms in total. The van der Waals surface area contributed by atoms with E-state index in [1.54, 1.807) is 18.2 Å². The number of urea groups is 1. The van der Waals surface area contributed by atoms with Crippen molar-refractivity contribution in [2.24, 2.45) is 11.3 Å². The summed E-state index contributed by atoms with van der Waals surface area (Å²) in [6.45, 7) is 5.61. The van der Waals surface area contributed by atoms with Crippen LogP contribution in [0.25, 0.3) is 0 Å². The number of carbonyl (C=O) groups excluding carboxylic acids is 1. The highest BCUT2D eigenvalue weighted by Gasteiger charge is 2.45. The lowest BCUT2D eigenvalue weighted by molar-refractivity contribution is 0.0696. The van der Waals surface area contributed by atoms with Crippen molar-refractivity contribution < 1.29 is 14.7 Å². The number of rotatable bonds is 6. The van der Waals surface area contributed by atoms with Crippen molar-refractivity contribution in [1.29, 1.82) is 0 Å². The van der Waals surface area contributed by atoms with Crippen molar-refractivity contribution in [3.8, 4) is 0 Å². The van der Waals surface area contributed by atoms with Gasteiger partial charge in [-0.1, -0.05) is 26.0 Å². The quantitative estimate of drug-likeness (QED) is 0.752. The molecule has 0 radical (unpaired) electrons. The second kappa shape index (κ2) is 6.16. The number of carboxylic acid groups (broad SMARTS) is 1. The SMILES string of the molecule is CC1(C)CC1CNC(=O)NCCc1cccc(C(=O)O)c1. The number of carbonyl (C=O) groups is 2. The van der Waals surface area contributed by atoms with Gasteiger partial charge in [0, 0.05) is 13.1 Å². The summed E-state index contributed by atoms with van der Waals surface area (Å²) in [4.78, 5) is 22.5. The molecule has 1 aliphatic rings. The molecule has 2 amide bonds. The minimum absolute atomic E-state index is 0.160. The Bertz CT molecular complexity index is 540. The van der Waals surface area contributed by atoms with Crippen molar-refractivity contribution in [2.75, 3.05) is 13.1 Å². The van der Waals surface area contributed by atoms with Crippen LogP contribution in [-0.2, 0) is 6.42 Å². The maximum Gasteiger partial charge on any atom is 0.335 e. The van der Waals surface area contributed by atoms with Crippen molar-refractivity contribution in [3.63, 3.8) is 0 Å². The molecule has 1 fully saturated rings. The van der Waals surface area contributed by atoms with Crippen LogP contribution in [0.4, 0.5) is 4.79 Å². The highest BCUT2D eigenvalue weighted by atomic mass is 16.4. The van der Waals surface area contributed by atoms with Crippen LogP contribution in [0.5, 0.6) is 0 Å². The molecule has 1 aromatic rings. The molecule has 2 rings (SSSR count). The zero-order valence-corrected chi connectivity index (χ0v) is 12.5. The predicted molar refractivity (Wildman–Crippen MR) is 80.4 cm³/mol. The summed E-state index contributed by atoms with van der Waals surface area (Å²) >= 11 is 0. The maximum atomic E-state index is 11.6. The van der Waals surface area contributed by atoms with E-state index in [1.165, 1.54) is 0 Å². The Labute approximate surface area is 124 Å². The van der Waals surface area contributed by atoms with Crippen LogP contribution in [0.2, 0.25) is 0 Å². The third kappa shape index (κ3) is 4.48. The fraction of sp³-hybridized carbons (Fsp3) is 0.500. The average Bonchev–Trinajstić information content (AvgIpc) is 3.04. The largest absolute Gasteiger partial charge is 0.478 e. The van der Waals surface area contributed by atoms with Gasteiger partial charge in [0.05, 0.1) is 5.56 Å². The standard InChI is InChI=1S/C16H22N2O3/c1-16(2)9-13(16)10-18-15(21)17-7-6-11-4-3-5-12(8-11)14(19)20/h3-5,8,13H,6-7,9-10H2,1-2H3,(H,19,20)(H2,17,18,21). The molecule has 0 aliphatic heterocycles. The van der Waals surface area contributed by atoms with Crippen LogP contribution in [0.3, 0.4) is 0 Å². The van der Waals surface area contributed by atoms with Gasteiger partial charge < -0.3 is 15.7 Å². The number of hydrogen-bond donors (Lipinski definition) is 3. The first-order valence-corrected chi connectivity index (χ1v) is 7.22. The van der Waals surface area contributed by atoms with Gasteiger partial charge in [0.25, 0.3) is 0 Å². The monoisotopic (exact) mass is 290 g/mol. The maximum absolute atomic E-state index is 11.6. The van der Waals surface area contributed by atoms with Crippen LogP contribution >= 0.6 is 0 Å². The fourth-order valence-electron chi connectivity index (χ4n) is 2.38. The summed E-state index contributed by atoms with van der Waals surface area (Å²) in [6, 6.07) is 6.61. The van der Waals surface area contributed by atoms with Gasteiger partial charge in [-0.3, -0.25) is 0 Å². The number of aromatic carboxylic acids is 1. The first-order chi connectivity index (χ1) is 9.88. The molecule has 1 atom stereocenters. The molecule has 21 heavy (non-hydrogen) atoms. The molecule has 1 aliphatic carbocycles. The zero-order valence-electron chi connectivity index (χ0n) is 12.5. The van der Waals surface area contributed by atoms with E-state index in [-0.39, 0.29) is 11.6 Å². The van der Waals surface area contributed by atoms with Crippen LogP contribution in [-0.4, -0.2) is 30.2 Å². The fourth-order valence-corrected chi connectivity index (χ4v) is 2.38. The first kappa shape index (κ1) is 15.4. The Hall–Kier alpha value is -2.04. The molecule has 0 spiro atoms. The van der Waals surface area contributed by atoms with Crippen LogP contribution in [0.15, 0.2) is 24.3 Å². The van der Waals surface area contributed by atoms with Crippen molar-refractivity contribution in [2.45, 2.75) is 26.7 Å². The molecule has 0 saturated heterocycles. The van der Waals surface area contributed by atoms with Crippen LogP contribution in [0, 0.1) is 11.3 Å². The number of benzene rings is 1. The summed E-state index contributed by atoms with van der Waals surface area (Å²) in [5.41, 5.74) is 1.54. The Balaban J connectivity index is 1.68. The zero-order chi connectivity index (χ0) is 15.5. The van der Waals surface area contributed by atoms with E-state index in [9.17, 15) is 9.59 Å². The van der Waals surface area contributed by atoms with E-state index in [0.717, 1.165) is 12.0 Å². The summed E-state index contributed by atoms with van der Waals surface area (Å²) < 4.78 is 0. The third-order valence-electron chi connectivity index (χ3n) is 4.10. The van der Waals surface area contributed by atoms with Gasteiger partial charge in [0.2, 0.25) is 0 Å². The Morgan fingerprint density at radius 2 is 2.05 bits per heavy atom. The van der Waals surface area contributed by atoms with Crippen LogP contribution < -0.4 is 10.6 Å². The van der Waals surface area contributed by atoms with E-state index >= 15 is 0 Å². The third-order valence-corrected chi connectivity index (χ3v) is 4.10. The minimum Gasteiger partial charge on any atom is -0.478 e. The van der Waals surface area contributed by atoms with Gasteiger partial charge in [-0.05, 0) is 41.9 Å². The van der Waals surface area contributed by atoms with E-state index in [0.29, 0.717) is 30.8 Å². The first-order valence-electron chi connectivity index (χ1n) is 7.22. The lowest BCUT2D eigenvalue weighted by Gasteiger charge is -2.09. The van der Waals surface area contributed by atoms with E-state index in [2.05, 4.69) is 24.5 Å². The molecule has 0 bridgehead atoms. The van der Waals surface area contributed by atoms with Gasteiger partial charge in [-0.25, -0.2) is 9.59 Å². The number of carboxylic acids is 1. The molecule has 3 N–H and O–H groups in total. The second-order valence-electron chi connectivity index (χ2n) is 6.28. The summed E-state index contributed by atoms with van der Waals surface area (Å²) in [5.74, 6) is -0.356. The lowest BCUT2D eigenvalue weighted by Crippen LogP contribution is -2.38. The molecular weight excluding hydrogens is 268 g/mol. The Morgan fingerprint density at radius 3 is 2.67 bits per heavy atom. The number of amides is 2. The molecule has 1 aromatic carbocycles. The molecule has 0 heterocycles. The second-order valence-corrected chi connectivity index (χ2v) is 6.28. The smallest absolute Gasteiger partial charge is 0.335 e. The summed E-state index contributed by atoms with van der Waals surface area (Å²) in [5, 5.41) is 14.6. The number of hydrogen-bond acceptors (Lipinski definition) is 2. The van der Waals surface area contributed by atoms with Gasteiger partial charge >= 0.3 is 12.0 Å². The normalized spacial score (nSPS) is 18.9. The Morgan fingerprint density at radius 1 is 1.33 bits per heavy atom. The topological polar surface area (TPSA) is 78.4 Å². The number of nitrogens with one attached hydrogen (secondary N) is 2. The van der Waals surface area contributed by atoms with Gasteiger partial charge in [-0.2, -0.15) is 0 Å². The predicted octanol–water partition coefficient (Wildman–Crippen LogP) is 2.27. The van der Waals surface area contributed by atoms with Crippen molar-refractivity contribution in [1.82, 2.24) is 10.6 Å². The molecule has 114 valence electrons. The van der Waals surface area contributed by atoms with Gasteiger partial charge in [-0.15, -0.1) is 0 Å². The van der Waals surface area contributed by atoms with Crippen LogP contribution in [0.1, 0.15) is 36.2 Å². The van der Waals surface area contributed by atoms with Gasteiger partial charge in [0.1, 0.15) is 0 Å². The van der Waals surface area contributed by atoms with Gasteiger partial charge in [0.15, 0.2) is 0 Å². The van der Waals surface area contributed by atoms with E-state index in [4.69, 9.17) is 5.11 Å². The lowest BCUT2D eigenvalue weighted by atomic mass is 10.1. The molecule has 0 aromatic heterocycles. The average molecular weight is 290 g/mol. The molecular formula is C16H22N2O3. The Kier molecular flexibility index (Phi) is 4.50. The van der Waals surface area contributed by atoms with E-state index in [1.807, 2.05) is 6.07 Å². The van der Waals surface area contributed by atoms with E-state index < -0.39 is 5.97 Å².